The zero-order chi connectivity index (χ0) is 3.58. The molecule has 1 N–H and O–H groups in total. The third-order valence-electron chi connectivity index (χ3n) is 0. The van der Waals surface area contributed by atoms with Crippen molar-refractivity contribution >= 4 is 16.8 Å². The summed E-state index contributed by atoms with van der Waals surface area (Å²) >= 11 is 0. The van der Waals surface area contributed by atoms with Crippen molar-refractivity contribution in [2.24, 2.45) is 0 Å². The third kappa shape index (κ3) is 13.9. The molecule has 3 heteroatoms. The van der Waals surface area contributed by atoms with E-state index in [0.717, 1.165) is 0 Å². The first-order valence-corrected chi connectivity index (χ1v) is 4.27. The second kappa shape index (κ2) is 2.08. The first-order chi connectivity index (χ1) is 1.73. The lowest BCUT2D eigenvalue weighted by molar-refractivity contribution is 0.647. The van der Waals surface area contributed by atoms with E-state index < -0.39 is 7.84 Å². The summed E-state index contributed by atoms with van der Waals surface area (Å²) in [4.78, 5) is 8.08. The topological polar surface area (TPSA) is 20.2 Å². The van der Waals surface area contributed by atoms with E-state index in [4.69, 9.17) is 4.89 Å². The van der Waals surface area contributed by atoms with Crippen LogP contribution >= 0.6 is 16.8 Å². The van der Waals surface area contributed by atoms with Gasteiger partial charge in [-0.15, -0.1) is 0 Å². The maximum absolute atomic E-state index is 8.08. The second-order valence-electron chi connectivity index (χ2n) is 0.574. The van der Waals surface area contributed by atoms with Crippen molar-refractivity contribution in [1.82, 2.24) is 0 Å². The minimum Gasteiger partial charge on any atom is -0.370 e. The van der Waals surface area contributed by atoms with E-state index in [0.29, 0.717) is 0 Å². The van der Waals surface area contributed by atoms with E-state index in [-0.39, 0.29) is 0 Å². The minimum atomic E-state index is -0.704. The van der Waals surface area contributed by atoms with Crippen LogP contribution in [0.4, 0.5) is 0 Å². The fourth-order valence-corrected chi connectivity index (χ4v) is 0. The highest BCUT2D eigenvalue weighted by Gasteiger charge is 1.68. The lowest BCUT2D eigenvalue weighted by Gasteiger charge is -1.80. The molecule has 1 nitrogen and oxygen atoms in total. The Labute approximate surface area is 29.3 Å². The van der Waals surface area contributed by atoms with Crippen LogP contribution in [0.25, 0.3) is 0 Å². The monoisotopic (exact) mass is 96.0 g/mol. The molecule has 0 saturated heterocycles. The lowest BCUT2D eigenvalue weighted by atomic mass is 12.0. The molecule has 0 bridgehead atoms. The highest BCUT2D eigenvalue weighted by Crippen LogP contribution is 2.32. The van der Waals surface area contributed by atoms with Crippen LogP contribution in [0.1, 0.15) is 0 Å². The van der Waals surface area contributed by atoms with E-state index in [2.05, 4.69) is 8.93 Å². The number of hydrogen-bond donors (Lipinski definition) is 1. The summed E-state index contributed by atoms with van der Waals surface area (Å²) < 4.78 is 0. The maximum Gasteiger partial charge on any atom is 0.0395 e. The SMILES string of the molecule is C[P@@](O)P. The van der Waals surface area contributed by atoms with E-state index in [1.54, 1.807) is 6.66 Å². The molecule has 0 aromatic carbocycles. The van der Waals surface area contributed by atoms with E-state index >= 15 is 0 Å². The Hall–Kier alpha value is 0.820. The van der Waals surface area contributed by atoms with E-state index in [9.17, 15) is 0 Å². The molecule has 0 amide bonds. The highest BCUT2D eigenvalue weighted by atomic mass is 32.0. The average molecular weight is 96.0 g/mol. The highest BCUT2D eigenvalue weighted by molar-refractivity contribution is 8.10. The molecule has 0 aliphatic carbocycles. The summed E-state index contributed by atoms with van der Waals surface area (Å²) in [6, 6.07) is 0. The van der Waals surface area contributed by atoms with Crippen LogP contribution < -0.4 is 0 Å². The van der Waals surface area contributed by atoms with Crippen LogP contribution in [0.15, 0.2) is 0 Å². The van der Waals surface area contributed by atoms with Gasteiger partial charge in [0.15, 0.2) is 0 Å². The Bertz CT molecular complexity index is 10.8. The maximum atomic E-state index is 8.08. The van der Waals surface area contributed by atoms with Gasteiger partial charge < -0.3 is 4.89 Å². The predicted octanol–water partition coefficient (Wildman–Crippen LogP) is 0.795. The zero-order valence-electron chi connectivity index (χ0n) is 2.47. The van der Waals surface area contributed by atoms with Crippen LogP contribution in [0, 0.1) is 0 Å². The molecule has 0 radical (unpaired) electrons. The Morgan fingerprint density at radius 1 is 2.00 bits per heavy atom. The van der Waals surface area contributed by atoms with Crippen LogP contribution in [0.5, 0.6) is 0 Å². The predicted molar refractivity (Wildman–Crippen MR) is 24.8 cm³/mol. The largest absolute Gasteiger partial charge is 0.370 e. The van der Waals surface area contributed by atoms with Crippen LogP contribution in [-0.4, -0.2) is 11.6 Å². The standard InChI is InChI=1S/CH6OP2/c1-4(2)3/h2H,3H2,1H3/t4-/m0/s1. The molecule has 0 aliphatic heterocycles. The van der Waals surface area contributed by atoms with Crippen LogP contribution in [-0.2, 0) is 0 Å². The summed E-state index contributed by atoms with van der Waals surface area (Å²) in [5, 5.41) is 0. The molecule has 26 valence electrons. The molecular formula is CH6OP2. The molecule has 0 spiro atoms. The normalized spacial score (nSPS) is 15.8. The van der Waals surface area contributed by atoms with Gasteiger partial charge >= 0.3 is 0 Å². The second-order valence-corrected chi connectivity index (χ2v) is 3.96. The van der Waals surface area contributed by atoms with Gasteiger partial charge in [-0.25, -0.2) is 0 Å². The van der Waals surface area contributed by atoms with E-state index in [1.165, 1.54) is 0 Å². The molecule has 0 aromatic rings. The van der Waals surface area contributed by atoms with Gasteiger partial charge in [0.1, 0.15) is 0 Å². The van der Waals surface area contributed by atoms with Crippen LogP contribution in [0.2, 0.25) is 0 Å². The fraction of sp³-hybridized carbons (Fsp3) is 1.00. The van der Waals surface area contributed by atoms with Crippen molar-refractivity contribution in [1.29, 1.82) is 0 Å². The summed E-state index contributed by atoms with van der Waals surface area (Å²) in [5.74, 6) is 0. The molecule has 4 heavy (non-hydrogen) atoms. The molecule has 0 heterocycles. The van der Waals surface area contributed by atoms with Gasteiger partial charge in [-0.1, -0.05) is 8.93 Å². The average Bonchev–Trinajstić information content (AvgIpc) is 0.811. The molecule has 0 aliphatic rings. The summed E-state index contributed by atoms with van der Waals surface area (Å²) in [6.07, 6.45) is 0. The zero-order valence-corrected chi connectivity index (χ0v) is 4.52. The third-order valence-corrected chi connectivity index (χ3v) is 0. The van der Waals surface area contributed by atoms with E-state index in [1.807, 2.05) is 0 Å². The smallest absolute Gasteiger partial charge is 0.0395 e. The molecule has 0 saturated carbocycles. The first kappa shape index (κ1) is 4.82. The van der Waals surface area contributed by atoms with Crippen molar-refractivity contribution in [2.45, 2.75) is 0 Å². The van der Waals surface area contributed by atoms with Gasteiger partial charge in [-0.05, 0) is 6.66 Å². The lowest BCUT2D eigenvalue weighted by Crippen LogP contribution is -1.37. The molecule has 0 rings (SSSR count). The molecule has 0 fully saturated rings. The van der Waals surface area contributed by atoms with Gasteiger partial charge in [-0.2, -0.15) is 0 Å². The summed E-state index contributed by atoms with van der Waals surface area (Å²) in [6.45, 7) is 1.75. The van der Waals surface area contributed by atoms with Gasteiger partial charge in [0.25, 0.3) is 0 Å². The molecule has 2 atom stereocenters. The number of rotatable bonds is 0. The van der Waals surface area contributed by atoms with Crippen molar-refractivity contribution < 1.29 is 4.89 Å². The van der Waals surface area contributed by atoms with Gasteiger partial charge in [-0.3, -0.25) is 0 Å². The quantitative estimate of drug-likeness (QED) is 0.442. The molecule has 1 unspecified atom stereocenters. The van der Waals surface area contributed by atoms with Crippen molar-refractivity contribution in [2.75, 3.05) is 6.66 Å². The van der Waals surface area contributed by atoms with Gasteiger partial charge in [0.05, 0.1) is 0 Å². The Kier molecular flexibility index (Phi) is 2.51. The Morgan fingerprint density at radius 2 is 2.00 bits per heavy atom. The fourth-order valence-electron chi connectivity index (χ4n) is 0. The van der Waals surface area contributed by atoms with Gasteiger partial charge in [0.2, 0.25) is 0 Å². The Morgan fingerprint density at radius 3 is 2.00 bits per heavy atom. The number of hydrogen-bond acceptors (Lipinski definition) is 1. The Balaban J connectivity index is 2.32. The van der Waals surface area contributed by atoms with Crippen molar-refractivity contribution in [3.05, 3.63) is 0 Å². The summed E-state index contributed by atoms with van der Waals surface area (Å²) in [7, 11) is 1.57. The summed E-state index contributed by atoms with van der Waals surface area (Å²) in [5.41, 5.74) is 0. The van der Waals surface area contributed by atoms with Gasteiger partial charge in [0, 0.05) is 7.84 Å². The van der Waals surface area contributed by atoms with Crippen molar-refractivity contribution in [3.8, 4) is 0 Å². The minimum absolute atomic E-state index is 0.704. The molecule has 0 aromatic heterocycles. The van der Waals surface area contributed by atoms with Crippen LogP contribution in [0.3, 0.4) is 0 Å². The first-order valence-electron chi connectivity index (χ1n) is 0.905. The molecular weight excluding hydrogens is 90.0 g/mol. The van der Waals surface area contributed by atoms with Crippen molar-refractivity contribution in [3.63, 3.8) is 0 Å².